The van der Waals surface area contributed by atoms with E-state index in [1.54, 1.807) is 6.07 Å². The van der Waals surface area contributed by atoms with Crippen molar-refractivity contribution in [2.45, 2.75) is 44.1 Å². The molecule has 5 heteroatoms. The van der Waals surface area contributed by atoms with Crippen LogP contribution in [0.5, 0.6) is 0 Å². The Labute approximate surface area is 117 Å². The van der Waals surface area contributed by atoms with Gasteiger partial charge in [0.1, 0.15) is 5.82 Å². The topological polar surface area (TPSA) is 49.4 Å². The van der Waals surface area contributed by atoms with E-state index in [2.05, 4.69) is 5.32 Å². The number of amides is 3. The number of carbonyl (C=O) groups is 2. The zero-order valence-corrected chi connectivity index (χ0v) is 11.2. The summed E-state index contributed by atoms with van der Waals surface area (Å²) < 4.78 is 13.8. The monoisotopic (exact) mass is 276 g/mol. The first-order chi connectivity index (χ1) is 9.61. The standard InChI is InChI=1S/C15H17FN2O2/c16-11-6-2-3-7-12(11)18-13(19)10-15(17-14(18)20)8-4-1-5-9-15/h2-3,6-7H,1,4-5,8-10H2,(H,17,20). The summed E-state index contributed by atoms with van der Waals surface area (Å²) in [4.78, 5) is 25.5. The van der Waals surface area contributed by atoms with E-state index in [0.29, 0.717) is 0 Å². The van der Waals surface area contributed by atoms with Crippen molar-refractivity contribution < 1.29 is 14.0 Å². The first-order valence-corrected chi connectivity index (χ1v) is 7.01. The Morgan fingerprint density at radius 3 is 2.45 bits per heavy atom. The van der Waals surface area contributed by atoms with Crippen LogP contribution in [-0.2, 0) is 4.79 Å². The molecule has 0 aromatic heterocycles. The predicted molar refractivity (Wildman–Crippen MR) is 72.9 cm³/mol. The summed E-state index contributed by atoms with van der Waals surface area (Å²) in [6, 6.07) is 5.35. The van der Waals surface area contributed by atoms with Crippen molar-refractivity contribution in [3.63, 3.8) is 0 Å². The van der Waals surface area contributed by atoms with Gasteiger partial charge in [0.25, 0.3) is 0 Å². The molecule has 20 heavy (non-hydrogen) atoms. The van der Waals surface area contributed by atoms with E-state index in [-0.39, 0.29) is 18.0 Å². The second kappa shape index (κ2) is 4.89. The van der Waals surface area contributed by atoms with Crippen molar-refractivity contribution in [1.29, 1.82) is 0 Å². The highest BCUT2D eigenvalue weighted by molar-refractivity contribution is 6.16. The largest absolute Gasteiger partial charge is 0.331 e. The highest BCUT2D eigenvalue weighted by Crippen LogP contribution is 2.35. The third-order valence-corrected chi connectivity index (χ3v) is 4.22. The average Bonchev–Trinajstić information content (AvgIpc) is 2.41. The first kappa shape index (κ1) is 13.1. The van der Waals surface area contributed by atoms with E-state index in [9.17, 15) is 14.0 Å². The van der Waals surface area contributed by atoms with Gasteiger partial charge in [-0.1, -0.05) is 31.4 Å². The van der Waals surface area contributed by atoms with E-state index in [0.717, 1.165) is 37.0 Å². The number of hydrogen-bond donors (Lipinski definition) is 1. The highest BCUT2D eigenvalue weighted by atomic mass is 19.1. The zero-order valence-electron chi connectivity index (χ0n) is 11.2. The van der Waals surface area contributed by atoms with Crippen LogP contribution in [0.4, 0.5) is 14.9 Å². The van der Waals surface area contributed by atoms with Crippen LogP contribution in [0.15, 0.2) is 24.3 Å². The number of nitrogens with zero attached hydrogens (tertiary/aromatic N) is 1. The Morgan fingerprint density at radius 1 is 1.10 bits per heavy atom. The quantitative estimate of drug-likeness (QED) is 0.857. The number of rotatable bonds is 1. The molecule has 2 fully saturated rings. The minimum atomic E-state index is -0.560. The number of imide groups is 1. The van der Waals surface area contributed by atoms with Gasteiger partial charge in [0.15, 0.2) is 0 Å². The van der Waals surface area contributed by atoms with E-state index >= 15 is 0 Å². The van der Waals surface area contributed by atoms with Crippen LogP contribution in [0.25, 0.3) is 0 Å². The molecule has 1 aromatic rings. The Balaban J connectivity index is 1.88. The molecule has 106 valence electrons. The SMILES string of the molecule is O=C1CC2(CCCCC2)NC(=O)N1c1ccccc1F. The Kier molecular flexibility index (Phi) is 3.20. The van der Waals surface area contributed by atoms with Crippen LogP contribution in [0.1, 0.15) is 38.5 Å². The molecule has 1 saturated carbocycles. The van der Waals surface area contributed by atoms with E-state index in [4.69, 9.17) is 0 Å². The van der Waals surface area contributed by atoms with Crippen LogP contribution in [0.2, 0.25) is 0 Å². The fourth-order valence-corrected chi connectivity index (χ4v) is 3.22. The van der Waals surface area contributed by atoms with Gasteiger partial charge in [-0.2, -0.15) is 0 Å². The van der Waals surface area contributed by atoms with Gasteiger partial charge in [0.05, 0.1) is 17.6 Å². The lowest BCUT2D eigenvalue weighted by molar-refractivity contribution is -0.120. The maximum absolute atomic E-state index is 13.8. The van der Waals surface area contributed by atoms with Crippen molar-refractivity contribution in [2.75, 3.05) is 4.90 Å². The number of hydrogen-bond acceptors (Lipinski definition) is 2. The smallest absolute Gasteiger partial charge is 0.329 e. The van der Waals surface area contributed by atoms with Crippen molar-refractivity contribution >= 4 is 17.6 Å². The lowest BCUT2D eigenvalue weighted by Crippen LogP contribution is -2.63. The molecule has 1 spiro atoms. The van der Waals surface area contributed by atoms with Gasteiger partial charge in [-0.25, -0.2) is 14.1 Å². The minimum absolute atomic E-state index is 0.0284. The normalized spacial score (nSPS) is 21.9. The van der Waals surface area contributed by atoms with E-state index in [1.807, 2.05) is 0 Å². The number of carbonyl (C=O) groups excluding carboxylic acids is 2. The van der Waals surface area contributed by atoms with Gasteiger partial charge < -0.3 is 5.32 Å². The second-order valence-electron chi connectivity index (χ2n) is 5.63. The summed E-state index contributed by atoms with van der Waals surface area (Å²) in [5, 5.41) is 2.94. The molecular formula is C15H17FN2O2. The van der Waals surface area contributed by atoms with Crippen LogP contribution in [0.3, 0.4) is 0 Å². The number of urea groups is 1. The lowest BCUT2D eigenvalue weighted by atomic mass is 9.78. The molecule has 3 rings (SSSR count). The molecule has 4 nitrogen and oxygen atoms in total. The maximum Gasteiger partial charge on any atom is 0.329 e. The molecule has 1 N–H and O–H groups in total. The molecule has 1 aromatic carbocycles. The van der Waals surface area contributed by atoms with E-state index < -0.39 is 17.4 Å². The van der Waals surface area contributed by atoms with Gasteiger partial charge in [0.2, 0.25) is 5.91 Å². The Bertz CT molecular complexity index is 533. The number of para-hydroxylation sites is 1. The van der Waals surface area contributed by atoms with Crippen LogP contribution >= 0.6 is 0 Å². The van der Waals surface area contributed by atoms with Crippen molar-refractivity contribution in [3.8, 4) is 0 Å². The van der Waals surface area contributed by atoms with Crippen molar-refractivity contribution in [2.24, 2.45) is 0 Å². The van der Waals surface area contributed by atoms with Gasteiger partial charge in [-0.3, -0.25) is 4.79 Å². The molecule has 0 radical (unpaired) electrons. The molecule has 1 aliphatic heterocycles. The summed E-state index contributed by atoms with van der Waals surface area (Å²) in [5.74, 6) is -0.878. The number of halogens is 1. The maximum atomic E-state index is 13.8. The van der Waals surface area contributed by atoms with Crippen LogP contribution in [-0.4, -0.2) is 17.5 Å². The molecule has 0 unspecified atom stereocenters. The predicted octanol–water partition coefficient (Wildman–Crippen LogP) is 2.97. The Morgan fingerprint density at radius 2 is 1.80 bits per heavy atom. The molecule has 2 aliphatic rings. The molecule has 1 aliphatic carbocycles. The number of nitrogens with one attached hydrogen (secondary N) is 1. The van der Waals surface area contributed by atoms with Gasteiger partial charge >= 0.3 is 6.03 Å². The molecular weight excluding hydrogens is 259 g/mol. The fourth-order valence-electron chi connectivity index (χ4n) is 3.22. The average molecular weight is 276 g/mol. The highest BCUT2D eigenvalue weighted by Gasteiger charge is 2.44. The summed E-state index contributed by atoms with van der Waals surface area (Å²) in [7, 11) is 0. The van der Waals surface area contributed by atoms with Gasteiger partial charge in [-0.05, 0) is 25.0 Å². The van der Waals surface area contributed by atoms with Crippen LogP contribution < -0.4 is 10.2 Å². The molecule has 1 saturated heterocycles. The number of benzene rings is 1. The van der Waals surface area contributed by atoms with E-state index in [1.165, 1.54) is 18.2 Å². The second-order valence-corrected chi connectivity index (χ2v) is 5.63. The van der Waals surface area contributed by atoms with Gasteiger partial charge in [0, 0.05) is 0 Å². The lowest BCUT2D eigenvalue weighted by Gasteiger charge is -2.43. The van der Waals surface area contributed by atoms with Crippen LogP contribution in [0, 0.1) is 5.82 Å². The molecule has 0 atom stereocenters. The fraction of sp³-hybridized carbons (Fsp3) is 0.467. The third-order valence-electron chi connectivity index (χ3n) is 4.22. The summed E-state index contributed by atoms with van der Waals surface area (Å²) in [6.45, 7) is 0. The van der Waals surface area contributed by atoms with Crippen molar-refractivity contribution in [3.05, 3.63) is 30.1 Å². The first-order valence-electron chi connectivity index (χ1n) is 7.01. The minimum Gasteiger partial charge on any atom is -0.331 e. The third kappa shape index (κ3) is 2.17. The zero-order chi connectivity index (χ0) is 14.2. The summed E-state index contributed by atoms with van der Waals surface area (Å²) in [5.41, 5.74) is -0.380. The number of anilines is 1. The van der Waals surface area contributed by atoms with Crippen molar-refractivity contribution in [1.82, 2.24) is 5.32 Å². The molecule has 3 amide bonds. The summed E-state index contributed by atoms with van der Waals surface area (Å²) in [6.07, 6.45) is 5.10. The van der Waals surface area contributed by atoms with Gasteiger partial charge in [-0.15, -0.1) is 0 Å². The summed E-state index contributed by atoms with van der Waals surface area (Å²) >= 11 is 0. The molecule has 0 bridgehead atoms. The Hall–Kier alpha value is -1.91. The molecule has 1 heterocycles.